The fourth-order valence-corrected chi connectivity index (χ4v) is 2.95. The van der Waals surface area contributed by atoms with Gasteiger partial charge in [-0.2, -0.15) is 0 Å². The number of hydrogen-bond donors (Lipinski definition) is 2. The molecule has 2 rings (SSSR count). The summed E-state index contributed by atoms with van der Waals surface area (Å²) in [6.45, 7) is 4.09. The first-order valence-electron chi connectivity index (χ1n) is 6.25. The molecular weight excluding hydrogens is 356 g/mol. The average molecular weight is 371 g/mol. The predicted molar refractivity (Wildman–Crippen MR) is 86.5 cm³/mol. The lowest BCUT2D eigenvalue weighted by atomic mass is 10.2. The van der Waals surface area contributed by atoms with Crippen LogP contribution in [0, 0.1) is 0 Å². The standard InChI is InChI=1S/C14H15BrN2O3S/c1-7(2)10-6-21-14(16-10)17-13(19)8-4-9(15)12(18)11(5-8)20-3/h4-7,18H,1-3H3,(H,16,17,19). The molecule has 0 fully saturated rings. The van der Waals surface area contributed by atoms with Gasteiger partial charge in [-0.25, -0.2) is 4.98 Å². The highest BCUT2D eigenvalue weighted by Gasteiger charge is 2.15. The van der Waals surface area contributed by atoms with Crippen LogP contribution in [0.25, 0.3) is 0 Å². The van der Waals surface area contributed by atoms with Gasteiger partial charge in [0.15, 0.2) is 16.6 Å². The van der Waals surface area contributed by atoms with Crippen LogP contribution in [0.3, 0.4) is 0 Å². The van der Waals surface area contributed by atoms with Crippen LogP contribution in [-0.4, -0.2) is 23.1 Å². The highest BCUT2D eigenvalue weighted by molar-refractivity contribution is 9.10. The lowest BCUT2D eigenvalue weighted by molar-refractivity contribution is 0.102. The molecule has 0 saturated carbocycles. The van der Waals surface area contributed by atoms with Gasteiger partial charge in [-0.15, -0.1) is 11.3 Å². The van der Waals surface area contributed by atoms with Gasteiger partial charge in [0.05, 0.1) is 17.3 Å². The van der Waals surface area contributed by atoms with Gasteiger partial charge in [0, 0.05) is 10.9 Å². The summed E-state index contributed by atoms with van der Waals surface area (Å²) in [5.41, 5.74) is 1.32. The minimum atomic E-state index is -0.307. The molecule has 0 atom stereocenters. The van der Waals surface area contributed by atoms with Crippen molar-refractivity contribution < 1.29 is 14.6 Å². The van der Waals surface area contributed by atoms with Gasteiger partial charge in [0.1, 0.15) is 0 Å². The van der Waals surface area contributed by atoms with Gasteiger partial charge in [-0.05, 0) is 34.0 Å². The summed E-state index contributed by atoms with van der Waals surface area (Å²) in [7, 11) is 1.43. The van der Waals surface area contributed by atoms with E-state index < -0.39 is 0 Å². The first-order chi connectivity index (χ1) is 9.92. The van der Waals surface area contributed by atoms with Crippen LogP contribution in [0.5, 0.6) is 11.5 Å². The zero-order valence-electron chi connectivity index (χ0n) is 11.8. The zero-order valence-corrected chi connectivity index (χ0v) is 14.2. The Morgan fingerprint density at radius 1 is 1.48 bits per heavy atom. The zero-order chi connectivity index (χ0) is 15.6. The van der Waals surface area contributed by atoms with E-state index in [1.165, 1.54) is 30.6 Å². The van der Waals surface area contributed by atoms with Crippen LogP contribution >= 0.6 is 27.3 Å². The number of rotatable bonds is 4. The van der Waals surface area contributed by atoms with Crippen molar-refractivity contribution in [3.63, 3.8) is 0 Å². The van der Waals surface area contributed by atoms with Crippen LogP contribution in [0.15, 0.2) is 22.0 Å². The number of phenols is 1. The maximum Gasteiger partial charge on any atom is 0.257 e. The molecule has 0 spiro atoms. The fourth-order valence-electron chi connectivity index (χ4n) is 1.64. The number of carbonyl (C=O) groups excluding carboxylic acids is 1. The molecule has 0 aliphatic carbocycles. The number of ether oxygens (including phenoxy) is 1. The summed E-state index contributed by atoms with van der Waals surface area (Å²) in [4.78, 5) is 16.6. The number of methoxy groups -OCH3 is 1. The van der Waals surface area contributed by atoms with Crippen LogP contribution in [-0.2, 0) is 0 Å². The molecule has 0 radical (unpaired) electrons. The third kappa shape index (κ3) is 3.54. The van der Waals surface area contributed by atoms with Crippen LogP contribution in [0.1, 0.15) is 35.8 Å². The molecule has 0 aliphatic heterocycles. The Morgan fingerprint density at radius 2 is 2.19 bits per heavy atom. The first-order valence-corrected chi connectivity index (χ1v) is 7.93. The summed E-state index contributed by atoms with van der Waals surface area (Å²) in [6, 6.07) is 3.01. The largest absolute Gasteiger partial charge is 0.503 e. The Hall–Kier alpha value is -1.60. The van der Waals surface area contributed by atoms with E-state index in [-0.39, 0.29) is 17.4 Å². The molecule has 5 nitrogen and oxygen atoms in total. The molecule has 1 heterocycles. The molecule has 2 N–H and O–H groups in total. The Morgan fingerprint density at radius 3 is 2.76 bits per heavy atom. The van der Waals surface area contributed by atoms with Gasteiger partial charge in [-0.1, -0.05) is 13.8 Å². The fraction of sp³-hybridized carbons (Fsp3) is 0.286. The highest BCUT2D eigenvalue weighted by Crippen LogP contribution is 2.35. The number of anilines is 1. The molecule has 2 aromatic rings. The van der Waals surface area contributed by atoms with E-state index in [1.807, 2.05) is 19.2 Å². The summed E-state index contributed by atoms with van der Waals surface area (Å²) in [5.74, 6) is 0.204. The van der Waals surface area contributed by atoms with E-state index in [1.54, 1.807) is 0 Å². The monoisotopic (exact) mass is 370 g/mol. The van der Waals surface area contributed by atoms with Crippen molar-refractivity contribution in [1.29, 1.82) is 0 Å². The number of halogens is 1. The molecule has 1 aromatic carbocycles. The molecule has 0 saturated heterocycles. The lowest BCUT2D eigenvalue weighted by Crippen LogP contribution is -2.12. The summed E-state index contributed by atoms with van der Waals surface area (Å²) in [6.07, 6.45) is 0. The number of amides is 1. The Kier molecular flexibility index (Phi) is 4.84. The van der Waals surface area contributed by atoms with Crippen molar-refractivity contribution in [2.24, 2.45) is 0 Å². The maximum atomic E-state index is 12.2. The third-order valence-corrected chi connectivity index (χ3v) is 4.22. The molecular formula is C14H15BrN2O3S. The Labute approximate surface area is 135 Å². The SMILES string of the molecule is COc1cc(C(=O)Nc2nc(C(C)C)cs2)cc(Br)c1O. The van der Waals surface area contributed by atoms with Crippen molar-refractivity contribution in [2.75, 3.05) is 12.4 Å². The Balaban J connectivity index is 2.21. The van der Waals surface area contributed by atoms with Crippen molar-refractivity contribution in [3.8, 4) is 11.5 Å². The molecule has 7 heteroatoms. The minimum Gasteiger partial charge on any atom is -0.503 e. The van der Waals surface area contributed by atoms with E-state index in [0.717, 1.165) is 5.69 Å². The number of phenolic OH excluding ortho intramolecular Hbond substituents is 1. The van der Waals surface area contributed by atoms with Crippen LogP contribution in [0.2, 0.25) is 0 Å². The second-order valence-corrected chi connectivity index (χ2v) is 6.41. The lowest BCUT2D eigenvalue weighted by Gasteiger charge is -2.08. The summed E-state index contributed by atoms with van der Waals surface area (Å²) in [5, 5.41) is 15.0. The second-order valence-electron chi connectivity index (χ2n) is 4.70. The number of aromatic nitrogens is 1. The molecule has 0 bridgehead atoms. The number of nitrogens with zero attached hydrogens (tertiary/aromatic N) is 1. The van der Waals surface area contributed by atoms with Gasteiger partial charge < -0.3 is 9.84 Å². The van der Waals surface area contributed by atoms with Crippen LogP contribution in [0.4, 0.5) is 5.13 Å². The van der Waals surface area contributed by atoms with E-state index in [0.29, 0.717) is 21.1 Å². The van der Waals surface area contributed by atoms with Crippen LogP contribution < -0.4 is 10.1 Å². The van der Waals surface area contributed by atoms with Crippen molar-refractivity contribution >= 4 is 38.3 Å². The molecule has 1 amide bonds. The third-order valence-electron chi connectivity index (χ3n) is 2.84. The van der Waals surface area contributed by atoms with Crippen molar-refractivity contribution in [1.82, 2.24) is 4.98 Å². The summed E-state index contributed by atoms with van der Waals surface area (Å²) >= 11 is 4.57. The van der Waals surface area contributed by atoms with Gasteiger partial charge >= 0.3 is 0 Å². The van der Waals surface area contributed by atoms with Crippen molar-refractivity contribution in [3.05, 3.63) is 33.2 Å². The van der Waals surface area contributed by atoms with E-state index >= 15 is 0 Å². The quantitative estimate of drug-likeness (QED) is 0.852. The predicted octanol–water partition coefficient (Wildman–Crippen LogP) is 4.00. The molecule has 1 aromatic heterocycles. The number of aromatic hydroxyl groups is 1. The number of thiazole rings is 1. The number of carbonyl (C=O) groups is 1. The van der Waals surface area contributed by atoms with E-state index in [4.69, 9.17) is 4.74 Å². The molecule has 0 unspecified atom stereocenters. The highest BCUT2D eigenvalue weighted by atomic mass is 79.9. The van der Waals surface area contributed by atoms with Gasteiger partial charge in [0.25, 0.3) is 5.91 Å². The first kappa shape index (κ1) is 15.8. The molecule has 0 aliphatic rings. The second kappa shape index (κ2) is 6.44. The Bertz CT molecular complexity index is 670. The molecule has 112 valence electrons. The number of nitrogens with one attached hydrogen (secondary N) is 1. The normalized spacial score (nSPS) is 10.7. The topological polar surface area (TPSA) is 71.5 Å². The maximum absolute atomic E-state index is 12.2. The van der Waals surface area contributed by atoms with E-state index in [9.17, 15) is 9.90 Å². The van der Waals surface area contributed by atoms with Crippen molar-refractivity contribution in [2.45, 2.75) is 19.8 Å². The average Bonchev–Trinajstić information content (AvgIpc) is 2.90. The minimum absolute atomic E-state index is 0.0367. The number of hydrogen-bond acceptors (Lipinski definition) is 5. The summed E-state index contributed by atoms with van der Waals surface area (Å²) < 4.78 is 5.43. The van der Waals surface area contributed by atoms with E-state index in [2.05, 4.69) is 26.2 Å². The molecule has 21 heavy (non-hydrogen) atoms. The van der Waals surface area contributed by atoms with Gasteiger partial charge in [-0.3, -0.25) is 10.1 Å². The number of benzene rings is 1. The smallest absolute Gasteiger partial charge is 0.257 e. The van der Waals surface area contributed by atoms with Gasteiger partial charge in [0.2, 0.25) is 0 Å².